The fourth-order valence-corrected chi connectivity index (χ4v) is 3.08. The van der Waals surface area contributed by atoms with Gasteiger partial charge in [0.05, 0.1) is 10.5 Å². The van der Waals surface area contributed by atoms with Gasteiger partial charge in [-0.05, 0) is 18.2 Å². The number of hydrogen-bond acceptors (Lipinski definition) is 4. The van der Waals surface area contributed by atoms with E-state index in [1.54, 1.807) is 30.6 Å². The van der Waals surface area contributed by atoms with E-state index in [0.717, 1.165) is 12.1 Å². The molecule has 0 aliphatic heterocycles. The van der Waals surface area contributed by atoms with Crippen molar-refractivity contribution in [1.82, 2.24) is 0 Å². The largest absolute Gasteiger partial charge is 0.502 e. The maximum Gasteiger partial charge on any atom is 0.416 e. The second-order valence-corrected chi connectivity index (χ2v) is 6.73. The van der Waals surface area contributed by atoms with Crippen molar-refractivity contribution in [2.75, 3.05) is 5.32 Å². The van der Waals surface area contributed by atoms with Crippen molar-refractivity contribution < 1.29 is 27.8 Å². The highest BCUT2D eigenvalue weighted by Gasteiger charge is 2.31. The van der Waals surface area contributed by atoms with Crippen LogP contribution in [0.25, 0.3) is 11.5 Å². The van der Waals surface area contributed by atoms with Crippen molar-refractivity contribution in [3.05, 3.63) is 100 Å². The summed E-state index contributed by atoms with van der Waals surface area (Å²) in [4.78, 5) is 10.4. The van der Waals surface area contributed by atoms with Crippen LogP contribution in [0.1, 0.15) is 11.1 Å². The minimum atomic E-state index is -4.53. The van der Waals surface area contributed by atoms with Crippen LogP contribution < -0.4 is 9.88 Å². The normalized spacial score (nSPS) is 12.1. The zero-order chi connectivity index (χ0) is 22.6. The number of thiocarbonyl (C=S) groups is 1. The number of benzene rings is 2. The van der Waals surface area contributed by atoms with Crippen molar-refractivity contribution in [2.24, 2.45) is 0 Å². The van der Waals surface area contributed by atoms with Gasteiger partial charge < -0.3 is 10.4 Å². The van der Waals surface area contributed by atoms with Gasteiger partial charge in [0, 0.05) is 35.5 Å². The summed E-state index contributed by atoms with van der Waals surface area (Å²) in [5.74, 6) is -0.385. The molecule has 0 saturated heterocycles. The Kier molecular flexibility index (Phi) is 6.30. The van der Waals surface area contributed by atoms with Crippen LogP contribution in [0.2, 0.25) is 0 Å². The molecule has 6 nitrogen and oxygen atoms in total. The van der Waals surface area contributed by atoms with E-state index in [0.29, 0.717) is 0 Å². The van der Waals surface area contributed by atoms with Crippen LogP contribution in [0.3, 0.4) is 0 Å². The second-order valence-electron chi connectivity index (χ2n) is 6.32. The van der Waals surface area contributed by atoms with Crippen LogP contribution in [-0.2, 0) is 6.18 Å². The van der Waals surface area contributed by atoms with Gasteiger partial charge in [-0.15, -0.1) is 0 Å². The Bertz CT molecular complexity index is 1170. The molecule has 0 unspecified atom stereocenters. The van der Waals surface area contributed by atoms with Crippen molar-refractivity contribution in [3.8, 4) is 0 Å². The molecular formula is C21H15F3N3O3S+. The molecule has 0 saturated carbocycles. The van der Waals surface area contributed by atoms with Gasteiger partial charge in [-0.2, -0.15) is 17.7 Å². The van der Waals surface area contributed by atoms with Crippen LogP contribution in [-0.4, -0.2) is 15.0 Å². The molecule has 0 fully saturated rings. The molecule has 158 valence electrons. The smallest absolute Gasteiger partial charge is 0.416 e. The maximum atomic E-state index is 13.0. The Labute approximate surface area is 180 Å². The maximum absolute atomic E-state index is 13.0. The minimum Gasteiger partial charge on any atom is -0.502 e. The topological polar surface area (TPSA) is 79.3 Å². The first-order valence-electron chi connectivity index (χ1n) is 8.80. The zero-order valence-corrected chi connectivity index (χ0v) is 16.5. The number of nitrogens with zero attached hydrogens (tertiary/aromatic N) is 2. The highest BCUT2D eigenvalue weighted by Crippen LogP contribution is 2.31. The predicted molar refractivity (Wildman–Crippen MR) is 113 cm³/mol. The molecule has 1 aromatic heterocycles. The lowest BCUT2D eigenvalue weighted by Crippen LogP contribution is -2.38. The average molecular weight is 446 g/mol. The van der Waals surface area contributed by atoms with E-state index in [1.165, 1.54) is 41.0 Å². The van der Waals surface area contributed by atoms with Crippen molar-refractivity contribution in [3.63, 3.8) is 0 Å². The number of rotatable bonds is 5. The number of alkyl halides is 3. The van der Waals surface area contributed by atoms with E-state index >= 15 is 0 Å². The van der Waals surface area contributed by atoms with E-state index in [-0.39, 0.29) is 33.4 Å². The third kappa shape index (κ3) is 5.23. The zero-order valence-electron chi connectivity index (χ0n) is 15.7. The summed E-state index contributed by atoms with van der Waals surface area (Å²) in [5.41, 5.74) is -0.873. The molecule has 0 aliphatic carbocycles. The van der Waals surface area contributed by atoms with E-state index in [2.05, 4.69) is 5.32 Å². The molecule has 3 rings (SSSR count). The van der Waals surface area contributed by atoms with Crippen LogP contribution >= 0.6 is 12.2 Å². The number of aliphatic hydroxyl groups excluding tert-OH is 1. The highest BCUT2D eigenvalue weighted by atomic mass is 32.1. The number of aromatic nitrogens is 1. The molecule has 0 bridgehead atoms. The third-order valence-corrected chi connectivity index (χ3v) is 4.49. The number of nitro groups is 1. The number of nitrogens with one attached hydrogen (secondary N) is 1. The number of non-ortho nitro benzene ring substituents is 1. The van der Waals surface area contributed by atoms with Gasteiger partial charge in [-0.1, -0.05) is 36.5 Å². The standard InChI is InChI=1S/C21H14F3N3O3S/c22-21(23,24)15-7-5-8-16(13-15)25-20(31)18(26-10-2-1-3-11-26)19(28)14-6-4-9-17(12-14)27(29)30/h1-13H,(H-,25,28,31)/p+1. The van der Waals surface area contributed by atoms with Gasteiger partial charge in [-0.25, -0.2) is 0 Å². The average Bonchev–Trinajstić information content (AvgIpc) is 2.74. The van der Waals surface area contributed by atoms with Crippen molar-refractivity contribution >= 4 is 40.0 Å². The summed E-state index contributed by atoms with van der Waals surface area (Å²) in [5, 5.41) is 24.7. The summed E-state index contributed by atoms with van der Waals surface area (Å²) in [6.07, 6.45) is -1.39. The molecule has 0 radical (unpaired) electrons. The molecule has 10 heteroatoms. The Morgan fingerprint density at radius 1 is 1.03 bits per heavy atom. The van der Waals surface area contributed by atoms with Crippen LogP contribution in [0.4, 0.5) is 24.5 Å². The van der Waals surface area contributed by atoms with Gasteiger partial charge in [0.1, 0.15) is 0 Å². The summed E-state index contributed by atoms with van der Waals surface area (Å²) in [6.45, 7) is 0. The third-order valence-electron chi connectivity index (χ3n) is 4.19. The first-order valence-corrected chi connectivity index (χ1v) is 9.21. The molecule has 0 amide bonds. The number of hydrogen-bond donors (Lipinski definition) is 2. The lowest BCUT2D eigenvalue weighted by Gasteiger charge is -2.12. The fourth-order valence-electron chi connectivity index (χ4n) is 2.76. The first kappa shape index (κ1) is 21.9. The monoisotopic (exact) mass is 446 g/mol. The molecule has 31 heavy (non-hydrogen) atoms. The number of nitro benzene ring substituents is 1. The molecule has 0 spiro atoms. The number of pyridine rings is 1. The Balaban J connectivity index is 2.06. The van der Waals surface area contributed by atoms with Crippen LogP contribution in [0.5, 0.6) is 0 Å². The molecule has 1 heterocycles. The second kappa shape index (κ2) is 8.92. The number of anilines is 1. The van der Waals surface area contributed by atoms with E-state index in [4.69, 9.17) is 12.2 Å². The number of aliphatic hydroxyl groups is 1. The Morgan fingerprint density at radius 3 is 2.35 bits per heavy atom. The quantitative estimate of drug-likeness (QED) is 0.140. The Morgan fingerprint density at radius 2 is 1.71 bits per heavy atom. The molecule has 0 aliphatic rings. The first-order chi connectivity index (χ1) is 14.7. The van der Waals surface area contributed by atoms with E-state index in [9.17, 15) is 28.4 Å². The molecule has 2 aromatic carbocycles. The van der Waals surface area contributed by atoms with Crippen LogP contribution in [0, 0.1) is 10.1 Å². The lowest BCUT2D eigenvalue weighted by molar-refractivity contribution is -0.575. The molecular weight excluding hydrogens is 431 g/mol. The van der Waals surface area contributed by atoms with E-state index in [1.807, 2.05) is 0 Å². The molecule has 2 N–H and O–H groups in total. The predicted octanol–water partition coefficient (Wildman–Crippen LogP) is 5.22. The van der Waals surface area contributed by atoms with Gasteiger partial charge in [0.15, 0.2) is 23.1 Å². The summed E-state index contributed by atoms with van der Waals surface area (Å²) in [7, 11) is 0. The molecule has 3 aromatic rings. The van der Waals surface area contributed by atoms with Gasteiger partial charge in [0.25, 0.3) is 11.4 Å². The van der Waals surface area contributed by atoms with E-state index < -0.39 is 16.7 Å². The molecule has 0 atom stereocenters. The summed E-state index contributed by atoms with van der Waals surface area (Å²) < 4.78 is 40.5. The minimum absolute atomic E-state index is 0.0357. The Hall–Kier alpha value is -3.79. The van der Waals surface area contributed by atoms with Gasteiger partial charge >= 0.3 is 6.18 Å². The lowest BCUT2D eigenvalue weighted by atomic mass is 10.1. The SMILES string of the molecule is O=[N+]([O-])c1cccc(/C(O)=C(/C(=S)Nc2cccc(C(F)(F)F)c2)[n+]2ccccc2)c1. The number of halogens is 3. The fraction of sp³-hybridized carbons (Fsp3) is 0.0476. The van der Waals surface area contributed by atoms with Crippen molar-refractivity contribution in [2.45, 2.75) is 6.18 Å². The van der Waals surface area contributed by atoms with Gasteiger partial charge in [-0.3, -0.25) is 10.1 Å². The summed E-state index contributed by atoms with van der Waals surface area (Å²) >= 11 is 5.37. The van der Waals surface area contributed by atoms with Crippen molar-refractivity contribution in [1.29, 1.82) is 0 Å². The van der Waals surface area contributed by atoms with Gasteiger partial charge in [0.2, 0.25) is 0 Å². The summed E-state index contributed by atoms with van der Waals surface area (Å²) in [6, 6.07) is 14.8. The highest BCUT2D eigenvalue weighted by molar-refractivity contribution is 7.81. The van der Waals surface area contributed by atoms with Crippen LogP contribution in [0.15, 0.2) is 79.1 Å².